The summed E-state index contributed by atoms with van der Waals surface area (Å²) in [6, 6.07) is 21.9. The largest absolute Gasteiger partial charge is 0.465 e. The zero-order chi connectivity index (χ0) is 29.9. The number of benzene rings is 4. The number of nitrogen functional groups attached to an aromatic ring is 1. The lowest BCUT2D eigenvalue weighted by Gasteiger charge is -2.24. The highest BCUT2D eigenvalue weighted by Crippen LogP contribution is 2.32. The number of sulfonamides is 1. The van der Waals surface area contributed by atoms with Gasteiger partial charge in [-0.25, -0.2) is 13.4 Å². The van der Waals surface area contributed by atoms with Crippen LogP contribution in [0.1, 0.15) is 28.4 Å². The number of nitrogens with two attached hydrogens (primary N) is 1. The van der Waals surface area contributed by atoms with E-state index in [1.165, 1.54) is 17.4 Å². The van der Waals surface area contributed by atoms with Crippen molar-refractivity contribution in [3.05, 3.63) is 101 Å². The first kappa shape index (κ1) is 31.4. The summed E-state index contributed by atoms with van der Waals surface area (Å²) in [5, 5.41) is 11.6. The first-order chi connectivity index (χ1) is 20.2. The molecule has 1 heterocycles. The fourth-order valence-electron chi connectivity index (χ4n) is 4.53. The van der Waals surface area contributed by atoms with E-state index in [0.717, 1.165) is 9.87 Å². The monoisotopic (exact) mass is 637 g/mol. The van der Waals surface area contributed by atoms with Crippen molar-refractivity contribution in [2.75, 3.05) is 17.5 Å². The van der Waals surface area contributed by atoms with Gasteiger partial charge in [-0.1, -0.05) is 48.5 Å². The summed E-state index contributed by atoms with van der Waals surface area (Å²) in [6.07, 6.45) is 0. The Bertz CT molecular complexity index is 1930. The highest BCUT2D eigenvalue weighted by molar-refractivity contribution is 7.93. The van der Waals surface area contributed by atoms with Crippen LogP contribution in [0.15, 0.2) is 89.3 Å². The molecule has 1 aromatic heterocycles. The molecule has 5 aromatic rings. The van der Waals surface area contributed by atoms with Gasteiger partial charge in [0.25, 0.3) is 15.9 Å². The summed E-state index contributed by atoms with van der Waals surface area (Å²) < 4.78 is 34.8. The third-order valence-corrected chi connectivity index (χ3v) is 9.18. The van der Waals surface area contributed by atoms with E-state index < -0.39 is 22.5 Å². The average molecular weight is 638 g/mol. The zero-order valence-electron chi connectivity index (χ0n) is 22.9. The number of esters is 1. The molecule has 0 radical (unpaired) electrons. The fraction of sp³-hybridized carbons (Fsp3) is 0.133. The van der Waals surface area contributed by atoms with Crippen LogP contribution in [0.25, 0.3) is 21.0 Å². The second-order valence-electron chi connectivity index (χ2n) is 9.28. The van der Waals surface area contributed by atoms with Crippen molar-refractivity contribution in [3.8, 4) is 0 Å². The predicted octanol–water partition coefficient (Wildman–Crippen LogP) is 4.84. The molecule has 0 spiro atoms. The minimum absolute atomic E-state index is 0. The van der Waals surface area contributed by atoms with Crippen LogP contribution < -0.4 is 15.4 Å². The highest BCUT2D eigenvalue weighted by atomic mass is 35.5. The smallest absolute Gasteiger partial charge is 0.326 e. The Hall–Kier alpha value is -4.52. The molecule has 0 bridgehead atoms. The maximum absolute atomic E-state index is 14.0. The van der Waals surface area contributed by atoms with Crippen LogP contribution in [0.2, 0.25) is 0 Å². The van der Waals surface area contributed by atoms with Crippen molar-refractivity contribution in [2.45, 2.75) is 18.4 Å². The number of hydrogen-bond acceptors (Lipinski definition) is 8. The Morgan fingerprint density at radius 3 is 2.51 bits per heavy atom. The van der Waals surface area contributed by atoms with Crippen LogP contribution in [0.3, 0.4) is 0 Å². The average Bonchev–Trinajstić information content (AvgIpc) is 3.47. The molecular weight excluding hydrogens is 610 g/mol. The molecule has 0 aliphatic rings. The number of nitrogens with one attached hydrogen (secondary N) is 2. The molecule has 0 fully saturated rings. The second kappa shape index (κ2) is 13.2. The zero-order valence-corrected chi connectivity index (χ0v) is 25.4. The second-order valence-corrected chi connectivity index (χ2v) is 12.0. The van der Waals surface area contributed by atoms with E-state index >= 15 is 0 Å². The SMILES string of the molecule is CCOC(=O)CN(c1ccc2c(C(=O)NCc3ccc(C(=N)N)cc3)cccc2c1)S(=O)(=O)c1cccc2scnc12.Cl. The number of amides is 1. The lowest BCUT2D eigenvalue weighted by atomic mass is 10.0. The summed E-state index contributed by atoms with van der Waals surface area (Å²) in [6.45, 7) is 1.48. The Kier molecular flexibility index (Phi) is 9.64. The summed E-state index contributed by atoms with van der Waals surface area (Å²) in [7, 11) is -4.23. The highest BCUT2D eigenvalue weighted by Gasteiger charge is 2.30. The predicted molar refractivity (Wildman–Crippen MR) is 171 cm³/mol. The van der Waals surface area contributed by atoms with Crippen LogP contribution in [0.4, 0.5) is 5.69 Å². The number of halogens is 1. The van der Waals surface area contributed by atoms with E-state index in [4.69, 9.17) is 15.9 Å². The number of para-hydroxylation sites is 1. The van der Waals surface area contributed by atoms with Crippen LogP contribution in [0.5, 0.6) is 0 Å². The lowest BCUT2D eigenvalue weighted by Crippen LogP contribution is -2.36. The maximum atomic E-state index is 14.0. The minimum Gasteiger partial charge on any atom is -0.465 e. The van der Waals surface area contributed by atoms with E-state index in [2.05, 4.69) is 10.3 Å². The molecule has 4 aromatic carbocycles. The number of amidine groups is 1. The van der Waals surface area contributed by atoms with Crippen molar-refractivity contribution in [2.24, 2.45) is 5.73 Å². The molecule has 5 rings (SSSR count). The number of thiazole rings is 1. The van der Waals surface area contributed by atoms with Gasteiger partial charge in [-0.2, -0.15) is 0 Å². The number of rotatable bonds is 10. The number of aromatic nitrogens is 1. The lowest BCUT2D eigenvalue weighted by molar-refractivity contribution is -0.141. The fourth-order valence-corrected chi connectivity index (χ4v) is 6.86. The van der Waals surface area contributed by atoms with E-state index in [-0.39, 0.29) is 47.9 Å². The molecule has 1 amide bonds. The van der Waals surface area contributed by atoms with Gasteiger partial charge in [0.1, 0.15) is 22.8 Å². The van der Waals surface area contributed by atoms with Crippen molar-refractivity contribution in [3.63, 3.8) is 0 Å². The first-order valence-electron chi connectivity index (χ1n) is 12.9. The van der Waals surface area contributed by atoms with Gasteiger partial charge in [0.2, 0.25) is 0 Å². The Labute approximate surface area is 258 Å². The molecule has 0 aliphatic heterocycles. The first-order valence-corrected chi connectivity index (χ1v) is 15.3. The molecule has 0 aliphatic carbocycles. The van der Waals surface area contributed by atoms with Gasteiger partial charge in [-0.05, 0) is 53.6 Å². The Balaban J connectivity index is 0.00000423. The summed E-state index contributed by atoms with van der Waals surface area (Å²) in [5.74, 6) is -1.04. The van der Waals surface area contributed by atoms with Crippen LogP contribution in [-0.4, -0.2) is 44.3 Å². The van der Waals surface area contributed by atoms with Gasteiger partial charge in [-0.3, -0.25) is 19.3 Å². The van der Waals surface area contributed by atoms with Crippen molar-refractivity contribution < 1.29 is 22.7 Å². The third kappa shape index (κ3) is 6.61. The number of carbonyl (C=O) groups is 2. The van der Waals surface area contributed by atoms with E-state index in [9.17, 15) is 18.0 Å². The number of anilines is 1. The van der Waals surface area contributed by atoms with Crippen LogP contribution >= 0.6 is 23.7 Å². The van der Waals surface area contributed by atoms with Gasteiger partial charge in [0, 0.05) is 17.7 Å². The molecular formula is C30H28ClN5O5S2. The van der Waals surface area contributed by atoms with Gasteiger partial charge in [0.05, 0.1) is 22.5 Å². The number of carbonyl (C=O) groups excluding carboxylic acids is 2. The molecule has 43 heavy (non-hydrogen) atoms. The summed E-state index contributed by atoms with van der Waals surface area (Å²) in [5.41, 5.74) is 9.49. The van der Waals surface area contributed by atoms with Gasteiger partial charge in [-0.15, -0.1) is 23.7 Å². The summed E-state index contributed by atoms with van der Waals surface area (Å²) in [4.78, 5) is 29.9. The standard InChI is InChI=1S/C30H27N5O5S2.ClH/c1-2-40-27(36)17-35(42(38,39)26-8-4-7-25-28(26)34-18-41-25)22-13-14-23-21(15-22)5-3-6-24(23)30(37)33-16-19-9-11-20(12-10-19)29(31)32;/h3-15,18H,2,16-17H2,1H3,(H3,31,32)(H,33,37);1H. The molecule has 4 N–H and O–H groups in total. The van der Waals surface area contributed by atoms with Crippen LogP contribution in [0, 0.1) is 5.41 Å². The van der Waals surface area contributed by atoms with Gasteiger partial charge < -0.3 is 15.8 Å². The van der Waals surface area contributed by atoms with Crippen molar-refractivity contribution in [1.29, 1.82) is 5.41 Å². The number of hydrogen-bond donors (Lipinski definition) is 3. The topological polar surface area (TPSA) is 156 Å². The number of fused-ring (bicyclic) bond motifs is 2. The quantitative estimate of drug-likeness (QED) is 0.112. The Morgan fingerprint density at radius 2 is 1.79 bits per heavy atom. The molecule has 10 nitrogen and oxygen atoms in total. The molecule has 0 unspecified atom stereocenters. The van der Waals surface area contributed by atoms with Gasteiger partial charge in [0.15, 0.2) is 0 Å². The Morgan fingerprint density at radius 1 is 1.05 bits per heavy atom. The van der Waals surface area contributed by atoms with Crippen molar-refractivity contribution in [1.82, 2.24) is 10.3 Å². The van der Waals surface area contributed by atoms with E-state index in [0.29, 0.717) is 32.1 Å². The molecule has 13 heteroatoms. The molecule has 0 atom stereocenters. The van der Waals surface area contributed by atoms with E-state index in [1.807, 2.05) is 0 Å². The normalized spacial score (nSPS) is 11.1. The number of nitrogens with zero attached hydrogens (tertiary/aromatic N) is 2. The van der Waals surface area contributed by atoms with Gasteiger partial charge >= 0.3 is 5.97 Å². The van der Waals surface area contributed by atoms with E-state index in [1.54, 1.807) is 85.2 Å². The van der Waals surface area contributed by atoms with Crippen molar-refractivity contribution >= 4 is 78.2 Å². The minimum atomic E-state index is -4.23. The molecule has 0 saturated carbocycles. The molecule has 222 valence electrons. The molecule has 0 saturated heterocycles. The summed E-state index contributed by atoms with van der Waals surface area (Å²) >= 11 is 1.32. The maximum Gasteiger partial charge on any atom is 0.326 e. The van der Waals surface area contributed by atoms with Crippen LogP contribution in [-0.2, 0) is 26.1 Å². The number of ether oxygens (including phenoxy) is 1. The third-order valence-electron chi connectivity index (χ3n) is 6.58.